The number of aliphatic hydroxyl groups is 1. The van der Waals surface area contributed by atoms with E-state index in [0.717, 1.165) is 5.56 Å². The van der Waals surface area contributed by atoms with Crippen LogP contribution in [0.15, 0.2) is 48.5 Å². The minimum atomic E-state index is -0.773. The van der Waals surface area contributed by atoms with Crippen molar-refractivity contribution < 1.29 is 14.6 Å². The van der Waals surface area contributed by atoms with Gasteiger partial charge in [-0.2, -0.15) is 0 Å². The largest absolute Gasteiger partial charge is 0.497 e. The molecule has 146 valence electrons. The third-order valence-electron chi connectivity index (χ3n) is 3.95. The number of carbonyl (C=O) groups excluding carboxylic acids is 1. The lowest BCUT2D eigenvalue weighted by molar-refractivity contribution is 0.110. The number of nitrogens with zero attached hydrogens (tertiary/aromatic N) is 1. The van der Waals surface area contributed by atoms with Crippen LogP contribution in [0.1, 0.15) is 32.4 Å². The summed E-state index contributed by atoms with van der Waals surface area (Å²) in [4.78, 5) is 14.5. The van der Waals surface area contributed by atoms with Gasteiger partial charge in [-0.15, -0.1) is 0 Å². The Labute approximate surface area is 165 Å². The van der Waals surface area contributed by atoms with Gasteiger partial charge in [-0.25, -0.2) is 4.79 Å². The number of anilines is 1. The van der Waals surface area contributed by atoms with Gasteiger partial charge in [0.1, 0.15) is 5.75 Å². The maximum atomic E-state index is 12.9. The van der Waals surface area contributed by atoms with Crippen LogP contribution in [0.4, 0.5) is 10.5 Å². The van der Waals surface area contributed by atoms with Crippen molar-refractivity contribution in [2.24, 2.45) is 5.41 Å². The van der Waals surface area contributed by atoms with Crippen LogP contribution in [0, 0.1) is 5.41 Å². The molecule has 6 heteroatoms. The summed E-state index contributed by atoms with van der Waals surface area (Å²) in [6, 6.07) is 14.1. The lowest BCUT2D eigenvalue weighted by Crippen LogP contribution is -2.42. The monoisotopic (exact) mass is 390 g/mol. The second kappa shape index (κ2) is 9.11. The fourth-order valence-corrected chi connectivity index (χ4v) is 2.92. The van der Waals surface area contributed by atoms with Gasteiger partial charge in [-0.05, 0) is 23.1 Å². The van der Waals surface area contributed by atoms with Gasteiger partial charge < -0.3 is 20.1 Å². The number of nitrogens with one attached hydrogen (secondary N) is 1. The molecular formula is C21H27ClN2O3. The van der Waals surface area contributed by atoms with Crippen molar-refractivity contribution in [3.63, 3.8) is 0 Å². The zero-order valence-corrected chi connectivity index (χ0v) is 17.0. The zero-order valence-electron chi connectivity index (χ0n) is 16.2. The van der Waals surface area contributed by atoms with Crippen molar-refractivity contribution in [2.75, 3.05) is 25.5 Å². The van der Waals surface area contributed by atoms with Crippen molar-refractivity contribution in [1.82, 2.24) is 4.90 Å². The number of aliphatic hydroxyl groups excluding tert-OH is 1. The van der Waals surface area contributed by atoms with Gasteiger partial charge in [0.05, 0.1) is 30.5 Å². The Morgan fingerprint density at radius 2 is 1.89 bits per heavy atom. The van der Waals surface area contributed by atoms with Crippen LogP contribution >= 0.6 is 11.6 Å². The van der Waals surface area contributed by atoms with Crippen LogP contribution in [-0.2, 0) is 0 Å². The number of halogens is 1. The van der Waals surface area contributed by atoms with Crippen LogP contribution < -0.4 is 10.1 Å². The van der Waals surface area contributed by atoms with E-state index in [2.05, 4.69) is 5.32 Å². The van der Waals surface area contributed by atoms with Crippen molar-refractivity contribution in [1.29, 1.82) is 0 Å². The molecule has 0 aliphatic carbocycles. The summed E-state index contributed by atoms with van der Waals surface area (Å²) < 4.78 is 5.13. The molecule has 0 fully saturated rings. The number of ether oxygens (including phenoxy) is 1. The first-order valence-corrected chi connectivity index (χ1v) is 9.20. The fraction of sp³-hybridized carbons (Fsp3) is 0.381. The van der Waals surface area contributed by atoms with E-state index >= 15 is 0 Å². The molecular weight excluding hydrogens is 364 g/mol. The third-order valence-corrected chi connectivity index (χ3v) is 4.26. The van der Waals surface area contributed by atoms with E-state index < -0.39 is 6.10 Å². The van der Waals surface area contributed by atoms with Gasteiger partial charge in [0, 0.05) is 12.6 Å². The normalized spacial score (nSPS) is 12.4. The van der Waals surface area contributed by atoms with Crippen molar-refractivity contribution >= 4 is 23.3 Å². The SMILES string of the molecule is COc1ccc(NC(=O)N(C[C@H](O)c2ccccc2)CC(C)(C)C)c(Cl)c1. The number of benzene rings is 2. The molecule has 2 amide bonds. The quantitative estimate of drug-likeness (QED) is 0.732. The molecule has 0 bridgehead atoms. The lowest BCUT2D eigenvalue weighted by Gasteiger charge is -2.32. The number of amides is 2. The van der Waals surface area contributed by atoms with Crippen LogP contribution in [-0.4, -0.2) is 36.2 Å². The van der Waals surface area contributed by atoms with Crippen LogP contribution in [0.5, 0.6) is 5.75 Å². The van der Waals surface area contributed by atoms with E-state index in [1.807, 2.05) is 51.1 Å². The Hall–Kier alpha value is -2.24. The summed E-state index contributed by atoms with van der Waals surface area (Å²) in [5.41, 5.74) is 1.14. The molecule has 0 saturated carbocycles. The van der Waals surface area contributed by atoms with Gasteiger partial charge in [0.25, 0.3) is 0 Å². The number of carbonyl (C=O) groups is 1. The van der Waals surface area contributed by atoms with E-state index in [1.54, 1.807) is 30.2 Å². The van der Waals surface area contributed by atoms with Crippen LogP contribution in [0.3, 0.4) is 0 Å². The molecule has 27 heavy (non-hydrogen) atoms. The van der Waals surface area contributed by atoms with Crippen molar-refractivity contribution in [3.8, 4) is 5.75 Å². The molecule has 2 N–H and O–H groups in total. The number of urea groups is 1. The Morgan fingerprint density at radius 1 is 1.22 bits per heavy atom. The predicted molar refractivity (Wildman–Crippen MR) is 109 cm³/mol. The molecule has 2 aromatic carbocycles. The Bertz CT molecular complexity index is 760. The number of hydrogen-bond donors (Lipinski definition) is 2. The molecule has 0 aromatic heterocycles. The average Bonchev–Trinajstić information content (AvgIpc) is 2.62. The van der Waals surface area contributed by atoms with Crippen molar-refractivity contribution in [2.45, 2.75) is 26.9 Å². The zero-order chi connectivity index (χ0) is 20.0. The van der Waals surface area contributed by atoms with E-state index in [-0.39, 0.29) is 18.0 Å². The van der Waals surface area contributed by atoms with E-state index in [9.17, 15) is 9.90 Å². The summed E-state index contributed by atoms with van der Waals surface area (Å²) in [6.07, 6.45) is -0.773. The van der Waals surface area contributed by atoms with E-state index in [0.29, 0.717) is 23.0 Å². The second-order valence-electron chi connectivity index (χ2n) is 7.64. The molecule has 0 saturated heterocycles. The summed E-state index contributed by atoms with van der Waals surface area (Å²) in [7, 11) is 1.56. The predicted octanol–water partition coefficient (Wildman–Crippen LogP) is 4.96. The standard InChI is InChI=1S/C21H27ClN2O3/c1-21(2,3)14-24(13-19(25)15-8-6-5-7-9-15)20(26)23-18-11-10-16(27-4)12-17(18)22/h5-12,19,25H,13-14H2,1-4H3,(H,23,26)/t19-/m0/s1. The van der Waals surface area contributed by atoms with Gasteiger partial charge in [-0.1, -0.05) is 62.7 Å². The molecule has 2 aromatic rings. The van der Waals surface area contributed by atoms with Gasteiger partial charge in [0.2, 0.25) is 0 Å². The highest BCUT2D eigenvalue weighted by atomic mass is 35.5. The molecule has 2 rings (SSSR count). The smallest absolute Gasteiger partial charge is 0.322 e. The summed E-state index contributed by atoms with van der Waals surface area (Å²) in [5.74, 6) is 0.615. The van der Waals surface area contributed by atoms with Gasteiger partial charge in [-0.3, -0.25) is 0 Å². The highest BCUT2D eigenvalue weighted by Crippen LogP contribution is 2.27. The fourth-order valence-electron chi connectivity index (χ4n) is 2.70. The molecule has 0 aliphatic heterocycles. The van der Waals surface area contributed by atoms with Crippen molar-refractivity contribution in [3.05, 3.63) is 59.1 Å². The summed E-state index contributed by atoms with van der Waals surface area (Å²) in [5, 5.41) is 13.8. The molecule has 0 radical (unpaired) electrons. The highest BCUT2D eigenvalue weighted by molar-refractivity contribution is 6.33. The first-order chi connectivity index (χ1) is 12.7. The highest BCUT2D eigenvalue weighted by Gasteiger charge is 2.24. The van der Waals surface area contributed by atoms with E-state index in [1.165, 1.54) is 0 Å². The molecule has 5 nitrogen and oxygen atoms in total. The van der Waals surface area contributed by atoms with E-state index in [4.69, 9.17) is 16.3 Å². The first-order valence-electron chi connectivity index (χ1n) is 8.82. The maximum absolute atomic E-state index is 12.9. The topological polar surface area (TPSA) is 61.8 Å². The first kappa shape index (κ1) is 21.1. The minimum Gasteiger partial charge on any atom is -0.497 e. The maximum Gasteiger partial charge on any atom is 0.322 e. The van der Waals surface area contributed by atoms with Gasteiger partial charge >= 0.3 is 6.03 Å². The molecule has 0 aliphatic rings. The number of methoxy groups -OCH3 is 1. The lowest BCUT2D eigenvalue weighted by atomic mass is 9.95. The second-order valence-corrected chi connectivity index (χ2v) is 8.05. The van der Waals surface area contributed by atoms with Gasteiger partial charge in [0.15, 0.2) is 0 Å². The summed E-state index contributed by atoms with van der Waals surface area (Å²) >= 11 is 6.23. The molecule has 0 heterocycles. The Kier molecular flexibility index (Phi) is 7.11. The molecule has 1 atom stereocenters. The minimum absolute atomic E-state index is 0.128. The molecule has 0 unspecified atom stereocenters. The third kappa shape index (κ3) is 6.45. The number of hydrogen-bond acceptors (Lipinski definition) is 3. The number of rotatable bonds is 6. The average molecular weight is 391 g/mol. The molecule has 0 spiro atoms. The van der Waals surface area contributed by atoms with Crippen LogP contribution in [0.25, 0.3) is 0 Å². The Morgan fingerprint density at radius 3 is 2.44 bits per heavy atom. The Balaban J connectivity index is 2.16. The van der Waals surface area contributed by atoms with Crippen LogP contribution in [0.2, 0.25) is 5.02 Å². The summed E-state index contributed by atoms with van der Waals surface area (Å²) in [6.45, 7) is 6.80.